The molecule has 21 heavy (non-hydrogen) atoms. The maximum atomic E-state index is 6.10. The number of imidazole rings is 1. The Morgan fingerprint density at radius 3 is 2.71 bits per heavy atom. The van der Waals surface area contributed by atoms with E-state index >= 15 is 0 Å². The smallest absolute Gasteiger partial charge is 0.163 e. The van der Waals surface area contributed by atoms with Crippen LogP contribution in [-0.2, 0) is 12.4 Å². The van der Waals surface area contributed by atoms with E-state index in [4.69, 9.17) is 16.3 Å². The van der Waals surface area contributed by atoms with Crippen LogP contribution in [0, 0.1) is 6.92 Å². The Bertz CT molecular complexity index is 790. The van der Waals surface area contributed by atoms with E-state index < -0.39 is 0 Å². The Labute approximate surface area is 128 Å². The molecule has 0 aliphatic carbocycles. The standard InChI is InChI=1S/C15H17ClN4O/c1-4-19-15-14(10(2)18-19)17-13(9-16)20(15)11-7-5-6-8-12(11)21-3/h5-8H,4,9H2,1-3H3. The van der Waals surface area contributed by atoms with Gasteiger partial charge in [-0.15, -0.1) is 11.6 Å². The highest BCUT2D eigenvalue weighted by Crippen LogP contribution is 2.30. The number of nitrogens with zero attached hydrogens (tertiary/aromatic N) is 4. The molecule has 0 bridgehead atoms. The Hall–Kier alpha value is -2.01. The van der Waals surface area contributed by atoms with Crippen LogP contribution in [0.4, 0.5) is 0 Å². The number of alkyl halides is 1. The molecule has 5 nitrogen and oxygen atoms in total. The third-order valence-electron chi connectivity index (χ3n) is 3.53. The van der Waals surface area contributed by atoms with Crippen molar-refractivity contribution in [2.45, 2.75) is 26.3 Å². The van der Waals surface area contributed by atoms with Crippen molar-refractivity contribution < 1.29 is 4.74 Å². The molecule has 0 fully saturated rings. The van der Waals surface area contributed by atoms with Crippen LogP contribution in [0.5, 0.6) is 5.75 Å². The maximum absolute atomic E-state index is 6.10. The van der Waals surface area contributed by atoms with Gasteiger partial charge in [0.05, 0.1) is 24.4 Å². The van der Waals surface area contributed by atoms with Crippen LogP contribution in [-0.4, -0.2) is 26.4 Å². The normalized spacial score (nSPS) is 11.2. The molecule has 0 amide bonds. The van der Waals surface area contributed by atoms with E-state index in [1.807, 2.05) is 40.4 Å². The van der Waals surface area contributed by atoms with E-state index in [2.05, 4.69) is 17.0 Å². The molecule has 0 saturated heterocycles. The summed E-state index contributed by atoms with van der Waals surface area (Å²) in [5.41, 5.74) is 3.67. The van der Waals surface area contributed by atoms with Gasteiger partial charge in [0.25, 0.3) is 0 Å². The monoisotopic (exact) mass is 304 g/mol. The molecule has 0 spiro atoms. The van der Waals surface area contributed by atoms with Crippen molar-refractivity contribution >= 4 is 22.8 Å². The van der Waals surface area contributed by atoms with Crippen molar-refractivity contribution in [1.29, 1.82) is 0 Å². The van der Waals surface area contributed by atoms with Gasteiger partial charge in [-0.1, -0.05) is 12.1 Å². The quantitative estimate of drug-likeness (QED) is 0.695. The highest BCUT2D eigenvalue weighted by atomic mass is 35.5. The number of aryl methyl sites for hydroxylation is 2. The first-order valence-electron chi connectivity index (χ1n) is 6.85. The third kappa shape index (κ3) is 2.08. The number of aromatic nitrogens is 4. The lowest BCUT2D eigenvalue weighted by molar-refractivity contribution is 0.412. The van der Waals surface area contributed by atoms with Gasteiger partial charge in [-0.25, -0.2) is 9.67 Å². The summed E-state index contributed by atoms with van der Waals surface area (Å²) in [5.74, 6) is 1.90. The molecule has 0 radical (unpaired) electrons. The number of fused-ring (bicyclic) bond motifs is 1. The van der Waals surface area contributed by atoms with Gasteiger partial charge in [-0.3, -0.25) is 4.57 Å². The van der Waals surface area contributed by atoms with Crippen LogP contribution in [0.3, 0.4) is 0 Å². The van der Waals surface area contributed by atoms with Crippen LogP contribution >= 0.6 is 11.6 Å². The Morgan fingerprint density at radius 2 is 2.05 bits per heavy atom. The summed E-state index contributed by atoms with van der Waals surface area (Å²) in [6.45, 7) is 4.80. The summed E-state index contributed by atoms with van der Waals surface area (Å²) in [5, 5.41) is 4.53. The van der Waals surface area contributed by atoms with Gasteiger partial charge in [0.1, 0.15) is 17.1 Å². The van der Waals surface area contributed by atoms with E-state index in [0.29, 0.717) is 5.88 Å². The third-order valence-corrected chi connectivity index (χ3v) is 3.76. The first kappa shape index (κ1) is 13.9. The lowest BCUT2D eigenvalue weighted by Gasteiger charge is -2.12. The zero-order valence-corrected chi connectivity index (χ0v) is 13.1. The number of hydrogen-bond acceptors (Lipinski definition) is 3. The van der Waals surface area contributed by atoms with E-state index in [9.17, 15) is 0 Å². The molecule has 0 aliphatic heterocycles. The SMILES string of the molecule is CCn1nc(C)c2nc(CCl)n(-c3ccccc3OC)c21. The predicted molar refractivity (Wildman–Crippen MR) is 83.4 cm³/mol. The summed E-state index contributed by atoms with van der Waals surface area (Å²) in [7, 11) is 1.66. The largest absolute Gasteiger partial charge is 0.495 e. The molecule has 3 aromatic rings. The number of benzene rings is 1. The van der Waals surface area contributed by atoms with Crippen molar-refractivity contribution in [3.8, 4) is 11.4 Å². The minimum atomic E-state index is 0.329. The van der Waals surface area contributed by atoms with Crippen LogP contribution in [0.2, 0.25) is 0 Å². The van der Waals surface area contributed by atoms with Crippen molar-refractivity contribution in [2.24, 2.45) is 0 Å². The number of ether oxygens (including phenoxy) is 1. The molecule has 0 N–H and O–H groups in total. The molecule has 6 heteroatoms. The van der Waals surface area contributed by atoms with Crippen LogP contribution in [0.1, 0.15) is 18.4 Å². The van der Waals surface area contributed by atoms with Crippen molar-refractivity contribution in [3.63, 3.8) is 0 Å². The van der Waals surface area contributed by atoms with Gasteiger partial charge in [-0.05, 0) is 26.0 Å². The van der Waals surface area contributed by atoms with Crippen molar-refractivity contribution in [1.82, 2.24) is 19.3 Å². The second-order valence-corrected chi connectivity index (χ2v) is 5.01. The van der Waals surface area contributed by atoms with Crippen molar-refractivity contribution in [2.75, 3.05) is 7.11 Å². The van der Waals surface area contributed by atoms with Gasteiger partial charge in [-0.2, -0.15) is 5.10 Å². The van der Waals surface area contributed by atoms with Crippen LogP contribution in [0.15, 0.2) is 24.3 Å². The molecule has 3 rings (SSSR count). The fraction of sp³-hybridized carbons (Fsp3) is 0.333. The molecular weight excluding hydrogens is 288 g/mol. The highest BCUT2D eigenvalue weighted by Gasteiger charge is 2.20. The molecule has 1 aromatic carbocycles. The Balaban J connectivity index is 2.39. The Morgan fingerprint density at radius 1 is 1.29 bits per heavy atom. The molecule has 2 heterocycles. The summed E-state index contributed by atoms with van der Waals surface area (Å²) in [6, 6.07) is 7.84. The second kappa shape index (κ2) is 5.41. The highest BCUT2D eigenvalue weighted by molar-refractivity contribution is 6.17. The zero-order valence-electron chi connectivity index (χ0n) is 12.3. The number of halogens is 1. The van der Waals surface area contributed by atoms with E-state index in [0.717, 1.165) is 40.7 Å². The molecule has 0 saturated carbocycles. The number of hydrogen-bond donors (Lipinski definition) is 0. The lowest BCUT2D eigenvalue weighted by atomic mass is 10.3. The van der Waals surface area contributed by atoms with Gasteiger partial charge in [0.2, 0.25) is 0 Å². The van der Waals surface area contributed by atoms with Gasteiger partial charge < -0.3 is 4.74 Å². The predicted octanol–water partition coefficient (Wildman–Crippen LogP) is 3.30. The zero-order chi connectivity index (χ0) is 15.0. The van der Waals surface area contributed by atoms with Crippen LogP contribution in [0.25, 0.3) is 16.9 Å². The van der Waals surface area contributed by atoms with Gasteiger partial charge >= 0.3 is 0 Å². The van der Waals surface area contributed by atoms with E-state index in [1.165, 1.54) is 0 Å². The summed E-state index contributed by atoms with van der Waals surface area (Å²) in [6.07, 6.45) is 0. The molecule has 2 aromatic heterocycles. The average molecular weight is 305 g/mol. The second-order valence-electron chi connectivity index (χ2n) is 4.74. The molecular formula is C15H17ClN4O. The molecule has 0 unspecified atom stereocenters. The minimum absolute atomic E-state index is 0.329. The fourth-order valence-electron chi connectivity index (χ4n) is 2.59. The van der Waals surface area contributed by atoms with E-state index in [1.54, 1.807) is 7.11 Å². The topological polar surface area (TPSA) is 44.9 Å². The average Bonchev–Trinajstić information content (AvgIpc) is 3.04. The van der Waals surface area contributed by atoms with Gasteiger partial charge in [0.15, 0.2) is 5.65 Å². The molecule has 110 valence electrons. The van der Waals surface area contributed by atoms with Crippen molar-refractivity contribution in [3.05, 3.63) is 35.8 Å². The summed E-state index contributed by atoms with van der Waals surface area (Å²) >= 11 is 6.10. The molecule has 0 atom stereocenters. The summed E-state index contributed by atoms with van der Waals surface area (Å²) in [4.78, 5) is 4.64. The first-order chi connectivity index (χ1) is 10.2. The minimum Gasteiger partial charge on any atom is -0.495 e. The van der Waals surface area contributed by atoms with E-state index in [-0.39, 0.29) is 0 Å². The lowest BCUT2D eigenvalue weighted by Crippen LogP contribution is -2.07. The van der Waals surface area contributed by atoms with Gasteiger partial charge in [0, 0.05) is 6.54 Å². The number of methoxy groups -OCH3 is 1. The molecule has 0 aliphatic rings. The number of rotatable bonds is 4. The number of para-hydroxylation sites is 2. The fourth-order valence-corrected chi connectivity index (χ4v) is 2.77. The van der Waals surface area contributed by atoms with Crippen LogP contribution < -0.4 is 4.74 Å². The summed E-state index contributed by atoms with van der Waals surface area (Å²) < 4.78 is 9.45. The Kier molecular flexibility index (Phi) is 3.59. The maximum Gasteiger partial charge on any atom is 0.163 e. The first-order valence-corrected chi connectivity index (χ1v) is 7.38.